The third kappa shape index (κ3) is 3.24. The van der Waals surface area contributed by atoms with Crippen LogP contribution in [0.1, 0.15) is 11.1 Å². The van der Waals surface area contributed by atoms with Crippen molar-refractivity contribution in [1.82, 2.24) is 0 Å². The molecule has 4 nitrogen and oxygen atoms in total. The monoisotopic (exact) mass is 294 g/mol. The Bertz CT molecular complexity index is 662. The standard InChI is InChI=1S/C14H12ClFN2O2/c1-9-2-3-10(6-14(9)18(19)20)8-17-13-7-11(15)4-5-12(13)16/h2-7,17H,8H2,1H3. The second-order valence-corrected chi connectivity index (χ2v) is 4.79. The molecule has 0 bridgehead atoms. The smallest absolute Gasteiger partial charge is 0.272 e. The van der Waals surface area contributed by atoms with Crippen LogP contribution >= 0.6 is 11.6 Å². The first-order valence-corrected chi connectivity index (χ1v) is 6.28. The van der Waals surface area contributed by atoms with Crippen molar-refractivity contribution in [2.24, 2.45) is 0 Å². The van der Waals surface area contributed by atoms with Crippen LogP contribution in [0.3, 0.4) is 0 Å². The lowest BCUT2D eigenvalue weighted by atomic mass is 10.1. The van der Waals surface area contributed by atoms with Crippen LogP contribution < -0.4 is 5.32 Å². The van der Waals surface area contributed by atoms with Crippen molar-refractivity contribution in [2.45, 2.75) is 13.5 Å². The van der Waals surface area contributed by atoms with E-state index >= 15 is 0 Å². The van der Waals surface area contributed by atoms with E-state index in [1.165, 1.54) is 24.3 Å². The molecule has 0 heterocycles. The summed E-state index contributed by atoms with van der Waals surface area (Å²) in [5.74, 6) is -0.420. The van der Waals surface area contributed by atoms with Gasteiger partial charge >= 0.3 is 0 Å². The largest absolute Gasteiger partial charge is 0.379 e. The van der Waals surface area contributed by atoms with Crippen molar-refractivity contribution in [1.29, 1.82) is 0 Å². The summed E-state index contributed by atoms with van der Waals surface area (Å²) in [5.41, 5.74) is 1.60. The fourth-order valence-corrected chi connectivity index (χ4v) is 1.96. The lowest BCUT2D eigenvalue weighted by Gasteiger charge is -2.08. The number of hydrogen-bond acceptors (Lipinski definition) is 3. The van der Waals surface area contributed by atoms with Crippen LogP contribution in [0.2, 0.25) is 5.02 Å². The predicted molar refractivity (Wildman–Crippen MR) is 76.6 cm³/mol. The summed E-state index contributed by atoms with van der Waals surface area (Å²) in [6.45, 7) is 1.95. The molecule has 0 aromatic heterocycles. The SMILES string of the molecule is Cc1ccc(CNc2cc(Cl)ccc2F)cc1[N+](=O)[O-]. The number of nitrogens with zero attached hydrogens (tertiary/aromatic N) is 1. The van der Waals surface area contributed by atoms with Gasteiger partial charge in [0, 0.05) is 23.2 Å². The Labute approximate surface area is 120 Å². The molecule has 0 saturated carbocycles. The number of nitrogens with one attached hydrogen (secondary N) is 1. The number of nitro benzene ring substituents is 1. The first-order chi connectivity index (χ1) is 9.47. The second-order valence-electron chi connectivity index (χ2n) is 4.36. The summed E-state index contributed by atoms with van der Waals surface area (Å²) in [7, 11) is 0. The summed E-state index contributed by atoms with van der Waals surface area (Å²) in [6.07, 6.45) is 0. The molecule has 0 fully saturated rings. The minimum atomic E-state index is -0.432. The maximum Gasteiger partial charge on any atom is 0.272 e. The first kappa shape index (κ1) is 14.3. The molecule has 1 N–H and O–H groups in total. The van der Waals surface area contributed by atoms with Gasteiger partial charge in [-0.1, -0.05) is 23.7 Å². The molecule has 0 atom stereocenters. The number of nitro groups is 1. The molecule has 20 heavy (non-hydrogen) atoms. The molecule has 0 aliphatic heterocycles. The summed E-state index contributed by atoms with van der Waals surface area (Å²) >= 11 is 5.79. The van der Waals surface area contributed by atoms with E-state index in [1.54, 1.807) is 19.1 Å². The fraction of sp³-hybridized carbons (Fsp3) is 0.143. The topological polar surface area (TPSA) is 55.2 Å². The van der Waals surface area contributed by atoms with Gasteiger partial charge in [0.15, 0.2) is 0 Å². The summed E-state index contributed by atoms with van der Waals surface area (Å²) in [5, 5.41) is 14.1. The van der Waals surface area contributed by atoms with Gasteiger partial charge in [-0.15, -0.1) is 0 Å². The normalized spacial score (nSPS) is 10.3. The van der Waals surface area contributed by atoms with Crippen LogP contribution in [-0.4, -0.2) is 4.92 Å². The zero-order valence-corrected chi connectivity index (χ0v) is 11.4. The molecule has 0 amide bonds. The number of anilines is 1. The van der Waals surface area contributed by atoms with Crippen LogP contribution in [0.4, 0.5) is 15.8 Å². The van der Waals surface area contributed by atoms with Crippen molar-refractivity contribution in [2.75, 3.05) is 5.32 Å². The number of aryl methyl sites for hydroxylation is 1. The van der Waals surface area contributed by atoms with Crippen molar-refractivity contribution < 1.29 is 9.31 Å². The van der Waals surface area contributed by atoms with E-state index in [-0.39, 0.29) is 17.9 Å². The summed E-state index contributed by atoms with van der Waals surface area (Å²) in [4.78, 5) is 10.4. The molecular formula is C14H12ClFN2O2. The van der Waals surface area contributed by atoms with Gasteiger partial charge in [0.1, 0.15) is 5.82 Å². The molecule has 0 aliphatic carbocycles. The zero-order chi connectivity index (χ0) is 14.7. The average molecular weight is 295 g/mol. The Hall–Kier alpha value is -2.14. The highest BCUT2D eigenvalue weighted by Gasteiger charge is 2.11. The van der Waals surface area contributed by atoms with Gasteiger partial charge in [-0.2, -0.15) is 0 Å². The maximum atomic E-state index is 13.5. The van der Waals surface area contributed by atoms with Gasteiger partial charge in [0.2, 0.25) is 0 Å². The lowest BCUT2D eigenvalue weighted by Crippen LogP contribution is -2.02. The van der Waals surface area contributed by atoms with Crippen LogP contribution in [0.25, 0.3) is 0 Å². The predicted octanol–water partition coefficient (Wildman–Crippen LogP) is 4.31. The Kier molecular flexibility index (Phi) is 4.20. The molecule has 0 radical (unpaired) electrons. The van der Waals surface area contributed by atoms with Crippen LogP contribution in [0, 0.1) is 22.9 Å². The fourth-order valence-electron chi connectivity index (χ4n) is 1.79. The highest BCUT2D eigenvalue weighted by Crippen LogP contribution is 2.22. The summed E-state index contributed by atoms with van der Waals surface area (Å²) in [6, 6.07) is 9.10. The van der Waals surface area contributed by atoms with Crippen molar-refractivity contribution in [3.8, 4) is 0 Å². The van der Waals surface area contributed by atoms with Gasteiger partial charge in [0.25, 0.3) is 5.69 Å². The van der Waals surface area contributed by atoms with E-state index < -0.39 is 10.7 Å². The van der Waals surface area contributed by atoms with E-state index in [9.17, 15) is 14.5 Å². The van der Waals surface area contributed by atoms with E-state index in [1.807, 2.05) is 0 Å². The average Bonchev–Trinajstić information content (AvgIpc) is 2.41. The Morgan fingerprint density at radius 2 is 2.05 bits per heavy atom. The lowest BCUT2D eigenvalue weighted by molar-refractivity contribution is -0.385. The van der Waals surface area contributed by atoms with Gasteiger partial charge in [-0.05, 0) is 30.7 Å². The van der Waals surface area contributed by atoms with Gasteiger partial charge in [0.05, 0.1) is 10.6 Å². The van der Waals surface area contributed by atoms with Crippen molar-refractivity contribution >= 4 is 23.0 Å². The third-order valence-electron chi connectivity index (χ3n) is 2.88. The molecule has 2 aromatic carbocycles. The van der Waals surface area contributed by atoms with Crippen LogP contribution in [-0.2, 0) is 6.54 Å². The first-order valence-electron chi connectivity index (χ1n) is 5.90. The minimum Gasteiger partial charge on any atom is -0.379 e. The molecule has 6 heteroatoms. The molecule has 2 rings (SSSR count). The van der Waals surface area contributed by atoms with Gasteiger partial charge in [-0.25, -0.2) is 4.39 Å². The Balaban J connectivity index is 2.17. The van der Waals surface area contributed by atoms with Crippen molar-refractivity contribution in [3.63, 3.8) is 0 Å². The van der Waals surface area contributed by atoms with E-state index in [0.717, 1.165) is 0 Å². The second kappa shape index (κ2) is 5.88. The minimum absolute atomic E-state index is 0.0517. The third-order valence-corrected chi connectivity index (χ3v) is 3.12. The van der Waals surface area contributed by atoms with Gasteiger partial charge in [-0.3, -0.25) is 10.1 Å². The number of hydrogen-bond donors (Lipinski definition) is 1. The molecule has 0 aliphatic rings. The highest BCUT2D eigenvalue weighted by atomic mass is 35.5. The maximum absolute atomic E-state index is 13.5. The number of halogens is 2. The molecule has 2 aromatic rings. The molecule has 0 unspecified atom stereocenters. The molecule has 0 saturated heterocycles. The Morgan fingerprint density at radius 1 is 1.30 bits per heavy atom. The molecule has 104 valence electrons. The highest BCUT2D eigenvalue weighted by molar-refractivity contribution is 6.30. The van der Waals surface area contributed by atoms with E-state index in [2.05, 4.69) is 5.32 Å². The van der Waals surface area contributed by atoms with Gasteiger partial charge < -0.3 is 5.32 Å². The number of benzene rings is 2. The Morgan fingerprint density at radius 3 is 2.75 bits per heavy atom. The quantitative estimate of drug-likeness (QED) is 0.675. The number of rotatable bonds is 4. The molecular weight excluding hydrogens is 283 g/mol. The molecule has 0 spiro atoms. The van der Waals surface area contributed by atoms with E-state index in [4.69, 9.17) is 11.6 Å². The van der Waals surface area contributed by atoms with Crippen LogP contribution in [0.5, 0.6) is 0 Å². The van der Waals surface area contributed by atoms with E-state index in [0.29, 0.717) is 16.1 Å². The van der Waals surface area contributed by atoms with Crippen LogP contribution in [0.15, 0.2) is 36.4 Å². The van der Waals surface area contributed by atoms with Crippen molar-refractivity contribution in [3.05, 3.63) is 68.5 Å². The summed E-state index contributed by atoms with van der Waals surface area (Å²) < 4.78 is 13.5. The zero-order valence-electron chi connectivity index (χ0n) is 10.7.